The minimum Gasteiger partial charge on any atom is -0.347 e. The Morgan fingerprint density at radius 1 is 1.28 bits per heavy atom. The molecule has 2 aromatic heterocycles. The van der Waals surface area contributed by atoms with Crippen LogP contribution in [0.15, 0.2) is 30.7 Å². The largest absolute Gasteiger partial charge is 0.347 e. The molecule has 5 heteroatoms. The van der Waals surface area contributed by atoms with Crippen molar-refractivity contribution in [2.24, 2.45) is 0 Å². The number of aromatic nitrogens is 3. The van der Waals surface area contributed by atoms with E-state index in [0.717, 1.165) is 37.8 Å². The Kier molecular flexibility index (Phi) is 2.98. The van der Waals surface area contributed by atoms with Gasteiger partial charge in [-0.2, -0.15) is 0 Å². The maximum Gasteiger partial charge on any atom is 0.128 e. The van der Waals surface area contributed by atoms with Crippen molar-refractivity contribution in [2.75, 3.05) is 18.5 Å². The molecule has 0 radical (unpaired) electrons. The Balaban J connectivity index is 1.76. The highest BCUT2D eigenvalue weighted by Gasteiger charge is 2.17. The van der Waals surface area contributed by atoms with Crippen LogP contribution < -0.4 is 10.2 Å². The van der Waals surface area contributed by atoms with E-state index in [1.54, 1.807) is 0 Å². The number of imidazole rings is 1. The van der Waals surface area contributed by atoms with E-state index in [1.165, 1.54) is 5.56 Å². The summed E-state index contributed by atoms with van der Waals surface area (Å²) in [6, 6.07) is 4.21. The van der Waals surface area contributed by atoms with Gasteiger partial charge in [-0.15, -0.1) is 0 Å². The average molecular weight is 243 g/mol. The van der Waals surface area contributed by atoms with Crippen LogP contribution in [0, 0.1) is 0 Å². The van der Waals surface area contributed by atoms with Crippen molar-refractivity contribution in [3.05, 3.63) is 42.1 Å². The van der Waals surface area contributed by atoms with Gasteiger partial charge in [0.25, 0.3) is 0 Å². The molecule has 0 unspecified atom stereocenters. The summed E-state index contributed by atoms with van der Waals surface area (Å²) in [5.41, 5.74) is 1.21. The molecule has 18 heavy (non-hydrogen) atoms. The van der Waals surface area contributed by atoms with Crippen LogP contribution in [0.4, 0.5) is 5.82 Å². The molecule has 1 aliphatic heterocycles. The molecule has 3 heterocycles. The Morgan fingerprint density at radius 2 is 2.22 bits per heavy atom. The summed E-state index contributed by atoms with van der Waals surface area (Å²) >= 11 is 0. The first-order valence-electron chi connectivity index (χ1n) is 6.21. The number of hydrogen-bond donors (Lipinski definition) is 1. The van der Waals surface area contributed by atoms with E-state index in [1.807, 2.05) is 25.6 Å². The van der Waals surface area contributed by atoms with Crippen LogP contribution in [0.2, 0.25) is 0 Å². The monoisotopic (exact) mass is 243 g/mol. The van der Waals surface area contributed by atoms with Gasteiger partial charge in [-0.05, 0) is 18.7 Å². The summed E-state index contributed by atoms with van der Waals surface area (Å²) in [4.78, 5) is 11.2. The molecule has 0 aromatic carbocycles. The molecular weight excluding hydrogens is 226 g/mol. The Hall–Kier alpha value is -1.88. The number of anilines is 1. The van der Waals surface area contributed by atoms with Crippen LogP contribution >= 0.6 is 0 Å². The number of rotatable bonds is 3. The molecule has 1 N–H and O–H groups in total. The van der Waals surface area contributed by atoms with Gasteiger partial charge in [-0.1, -0.05) is 6.07 Å². The molecule has 0 bridgehead atoms. The second-order valence-corrected chi connectivity index (χ2v) is 4.51. The van der Waals surface area contributed by atoms with Gasteiger partial charge in [0.05, 0.1) is 6.54 Å². The van der Waals surface area contributed by atoms with Gasteiger partial charge in [0, 0.05) is 38.2 Å². The fraction of sp³-hybridized carbons (Fsp3) is 0.385. The smallest absolute Gasteiger partial charge is 0.128 e. The first kappa shape index (κ1) is 11.2. The summed E-state index contributed by atoms with van der Waals surface area (Å²) in [6.07, 6.45) is 5.84. The van der Waals surface area contributed by atoms with Gasteiger partial charge in [0.2, 0.25) is 0 Å². The maximum atomic E-state index is 4.53. The van der Waals surface area contributed by atoms with Gasteiger partial charge < -0.3 is 14.8 Å². The van der Waals surface area contributed by atoms with Gasteiger partial charge >= 0.3 is 0 Å². The van der Waals surface area contributed by atoms with Crippen LogP contribution in [0.25, 0.3) is 0 Å². The van der Waals surface area contributed by atoms with E-state index in [4.69, 9.17) is 0 Å². The molecule has 0 atom stereocenters. The number of nitrogens with one attached hydrogen (secondary N) is 1. The number of nitrogens with zero attached hydrogens (tertiary/aromatic N) is 4. The highest BCUT2D eigenvalue weighted by atomic mass is 15.3. The third-order valence-electron chi connectivity index (χ3n) is 3.26. The van der Waals surface area contributed by atoms with Crippen LogP contribution in [0.3, 0.4) is 0 Å². The normalized spacial score (nSPS) is 14.6. The Bertz CT molecular complexity index is 516. The highest BCUT2D eigenvalue weighted by molar-refractivity contribution is 5.40. The lowest BCUT2D eigenvalue weighted by atomic mass is 10.2. The van der Waals surface area contributed by atoms with Gasteiger partial charge in [0.1, 0.15) is 11.6 Å². The molecular formula is C13H17N5. The van der Waals surface area contributed by atoms with Crippen molar-refractivity contribution in [1.29, 1.82) is 0 Å². The predicted molar refractivity (Wildman–Crippen MR) is 70.3 cm³/mol. The van der Waals surface area contributed by atoms with Crippen molar-refractivity contribution in [2.45, 2.75) is 19.6 Å². The Labute approximate surface area is 106 Å². The topological polar surface area (TPSA) is 46.0 Å². The maximum absolute atomic E-state index is 4.53. The van der Waals surface area contributed by atoms with Crippen molar-refractivity contribution in [1.82, 2.24) is 19.9 Å². The molecule has 5 nitrogen and oxygen atoms in total. The van der Waals surface area contributed by atoms with Crippen molar-refractivity contribution >= 4 is 5.82 Å². The van der Waals surface area contributed by atoms with E-state index in [9.17, 15) is 0 Å². The number of pyridine rings is 1. The zero-order chi connectivity index (χ0) is 12.4. The van der Waals surface area contributed by atoms with Crippen molar-refractivity contribution in [3.63, 3.8) is 0 Å². The molecule has 0 spiro atoms. The molecule has 2 aromatic rings. The van der Waals surface area contributed by atoms with E-state index >= 15 is 0 Å². The highest BCUT2D eigenvalue weighted by Crippen LogP contribution is 2.18. The average Bonchev–Trinajstić information content (AvgIpc) is 2.87. The molecule has 3 rings (SSSR count). The quantitative estimate of drug-likeness (QED) is 0.874. The van der Waals surface area contributed by atoms with Crippen molar-refractivity contribution in [3.8, 4) is 0 Å². The SMILES string of the molecule is CNCc1ccc(N2CCn3ccnc3C2)nc1. The van der Waals surface area contributed by atoms with Crippen LogP contribution in [0.1, 0.15) is 11.4 Å². The minimum atomic E-state index is 0.839. The summed E-state index contributed by atoms with van der Waals surface area (Å²) in [6.45, 7) is 3.67. The minimum absolute atomic E-state index is 0.839. The number of hydrogen-bond acceptors (Lipinski definition) is 4. The molecule has 0 saturated heterocycles. The van der Waals surface area contributed by atoms with E-state index in [2.05, 4.69) is 36.9 Å². The molecule has 0 aliphatic carbocycles. The fourth-order valence-corrected chi connectivity index (χ4v) is 2.28. The summed E-state index contributed by atoms with van der Waals surface area (Å²) in [7, 11) is 1.94. The van der Waals surface area contributed by atoms with E-state index in [-0.39, 0.29) is 0 Å². The van der Waals surface area contributed by atoms with Crippen LogP contribution in [-0.4, -0.2) is 28.1 Å². The van der Waals surface area contributed by atoms with Crippen LogP contribution in [-0.2, 0) is 19.6 Å². The van der Waals surface area contributed by atoms with E-state index < -0.39 is 0 Å². The van der Waals surface area contributed by atoms with Gasteiger partial charge in [0.15, 0.2) is 0 Å². The summed E-state index contributed by atoms with van der Waals surface area (Å²) in [5.74, 6) is 2.14. The lowest BCUT2D eigenvalue weighted by Crippen LogP contribution is -2.34. The second-order valence-electron chi connectivity index (χ2n) is 4.51. The predicted octanol–water partition coefficient (Wildman–Crippen LogP) is 1.02. The molecule has 94 valence electrons. The van der Waals surface area contributed by atoms with Crippen molar-refractivity contribution < 1.29 is 0 Å². The van der Waals surface area contributed by atoms with Gasteiger partial charge in [-0.3, -0.25) is 0 Å². The zero-order valence-electron chi connectivity index (χ0n) is 10.5. The molecule has 0 fully saturated rings. The first-order chi connectivity index (χ1) is 8.86. The van der Waals surface area contributed by atoms with Crippen LogP contribution in [0.5, 0.6) is 0 Å². The zero-order valence-corrected chi connectivity index (χ0v) is 10.5. The molecule has 0 amide bonds. The fourth-order valence-electron chi connectivity index (χ4n) is 2.28. The van der Waals surface area contributed by atoms with Gasteiger partial charge in [-0.25, -0.2) is 9.97 Å². The third kappa shape index (κ3) is 2.09. The lowest BCUT2D eigenvalue weighted by Gasteiger charge is -2.28. The van der Waals surface area contributed by atoms with E-state index in [0.29, 0.717) is 0 Å². The number of fused-ring (bicyclic) bond motifs is 1. The third-order valence-corrected chi connectivity index (χ3v) is 3.26. The first-order valence-corrected chi connectivity index (χ1v) is 6.21. The second kappa shape index (κ2) is 4.78. The lowest BCUT2D eigenvalue weighted by molar-refractivity contribution is 0.556. The standard InChI is InChI=1S/C13H17N5/c1-14-8-11-2-3-12(16-9-11)18-7-6-17-5-4-15-13(17)10-18/h2-5,9,14H,6-8,10H2,1H3. The molecule has 0 saturated carbocycles. The summed E-state index contributed by atoms with van der Waals surface area (Å²) < 4.78 is 2.20. The summed E-state index contributed by atoms with van der Waals surface area (Å²) in [5, 5.41) is 3.13. The molecule has 1 aliphatic rings. The Morgan fingerprint density at radius 3 is 3.00 bits per heavy atom.